The fourth-order valence-electron chi connectivity index (χ4n) is 2.61. The molecule has 156 valence electrons. The molecule has 0 radical (unpaired) electrons. The van der Waals surface area contributed by atoms with Crippen LogP contribution in [0.15, 0.2) is 35.4 Å². The topological polar surface area (TPSA) is 110 Å². The van der Waals surface area contributed by atoms with Crippen molar-refractivity contribution in [2.45, 2.75) is 27.7 Å². The number of aromatic hydroxyl groups is 2. The Hall–Kier alpha value is -3.42. The molecule has 29 heavy (non-hydrogen) atoms. The van der Waals surface area contributed by atoms with Crippen molar-refractivity contribution in [3.63, 3.8) is 0 Å². The second kappa shape index (κ2) is 10.2. The Morgan fingerprint density at radius 2 is 1.55 bits per heavy atom. The number of nitrogens with zero attached hydrogens (tertiary/aromatic N) is 1. The Morgan fingerprint density at radius 3 is 2.07 bits per heavy atom. The minimum atomic E-state index is -0.479. The van der Waals surface area contributed by atoms with Gasteiger partial charge in [-0.1, -0.05) is 0 Å². The first-order chi connectivity index (χ1) is 13.9. The van der Waals surface area contributed by atoms with E-state index in [0.29, 0.717) is 48.3 Å². The molecule has 0 heterocycles. The highest BCUT2D eigenvalue weighted by Crippen LogP contribution is 2.39. The van der Waals surface area contributed by atoms with Crippen LogP contribution in [0.1, 0.15) is 43.6 Å². The maximum Gasteiger partial charge on any atom is 0.271 e. The number of hydrazone groups is 1. The Bertz CT molecular complexity index is 868. The van der Waals surface area contributed by atoms with Crippen molar-refractivity contribution < 1.29 is 29.2 Å². The SMILES string of the molecule is CCOc1cc(C(=O)N/N=C(\C)c2ccc(O)cc2O)cc(OCC)c1OCC. The van der Waals surface area contributed by atoms with E-state index in [1.54, 1.807) is 19.1 Å². The predicted octanol–water partition coefficient (Wildman–Crippen LogP) is 3.45. The number of amides is 1. The van der Waals surface area contributed by atoms with E-state index in [2.05, 4.69) is 10.5 Å². The van der Waals surface area contributed by atoms with Crippen LogP contribution in [0.5, 0.6) is 28.7 Å². The summed E-state index contributed by atoms with van der Waals surface area (Å²) in [5.41, 5.74) is 3.50. The highest BCUT2D eigenvalue weighted by Gasteiger charge is 2.18. The molecule has 0 bridgehead atoms. The molecule has 0 fully saturated rings. The van der Waals surface area contributed by atoms with E-state index >= 15 is 0 Å². The minimum Gasteiger partial charge on any atom is -0.508 e. The van der Waals surface area contributed by atoms with Crippen LogP contribution in [0.25, 0.3) is 0 Å². The predicted molar refractivity (Wildman–Crippen MR) is 109 cm³/mol. The summed E-state index contributed by atoms with van der Waals surface area (Å²) in [6.45, 7) is 8.36. The first kappa shape index (κ1) is 21.9. The third kappa shape index (κ3) is 5.54. The zero-order valence-corrected chi connectivity index (χ0v) is 17.0. The average molecular weight is 402 g/mol. The number of rotatable bonds is 9. The summed E-state index contributed by atoms with van der Waals surface area (Å²) in [6, 6.07) is 7.26. The fraction of sp³-hybridized carbons (Fsp3) is 0.333. The molecule has 0 aliphatic rings. The number of carbonyl (C=O) groups excluding carboxylic acids is 1. The van der Waals surface area contributed by atoms with Crippen LogP contribution in [0, 0.1) is 0 Å². The summed E-state index contributed by atoms with van der Waals surface area (Å²) < 4.78 is 16.9. The molecule has 3 N–H and O–H groups in total. The Morgan fingerprint density at radius 1 is 0.966 bits per heavy atom. The number of phenols is 2. The van der Waals surface area contributed by atoms with Gasteiger partial charge in [0.25, 0.3) is 5.91 Å². The maximum absolute atomic E-state index is 12.6. The Labute approximate surface area is 169 Å². The van der Waals surface area contributed by atoms with Gasteiger partial charge in [0.15, 0.2) is 11.5 Å². The lowest BCUT2D eigenvalue weighted by Crippen LogP contribution is -2.20. The number of nitrogens with one attached hydrogen (secondary N) is 1. The third-order valence-corrected chi connectivity index (χ3v) is 3.87. The molecule has 2 aromatic rings. The van der Waals surface area contributed by atoms with E-state index in [4.69, 9.17) is 14.2 Å². The summed E-state index contributed by atoms with van der Waals surface area (Å²) in [5, 5.41) is 23.3. The second-order valence-corrected chi connectivity index (χ2v) is 5.94. The van der Waals surface area contributed by atoms with Gasteiger partial charge in [0.05, 0.1) is 25.5 Å². The van der Waals surface area contributed by atoms with Gasteiger partial charge >= 0.3 is 0 Å². The summed E-state index contributed by atoms with van der Waals surface area (Å²) in [6.07, 6.45) is 0. The van der Waals surface area contributed by atoms with E-state index in [1.165, 1.54) is 18.2 Å². The van der Waals surface area contributed by atoms with Crippen LogP contribution < -0.4 is 19.6 Å². The van der Waals surface area contributed by atoms with Gasteiger partial charge in [-0.05, 0) is 52.0 Å². The first-order valence-electron chi connectivity index (χ1n) is 9.34. The van der Waals surface area contributed by atoms with Gasteiger partial charge in [-0.25, -0.2) is 5.43 Å². The molecule has 0 aromatic heterocycles. The van der Waals surface area contributed by atoms with Gasteiger partial charge in [-0.2, -0.15) is 5.10 Å². The van der Waals surface area contributed by atoms with Gasteiger partial charge in [-0.3, -0.25) is 4.79 Å². The first-order valence-corrected chi connectivity index (χ1v) is 9.34. The molecule has 1 amide bonds. The van der Waals surface area contributed by atoms with Crippen LogP contribution in [0.2, 0.25) is 0 Å². The summed E-state index contributed by atoms with van der Waals surface area (Å²) >= 11 is 0. The number of ether oxygens (including phenoxy) is 3. The molecule has 0 saturated heterocycles. The second-order valence-electron chi connectivity index (χ2n) is 5.94. The fourth-order valence-corrected chi connectivity index (χ4v) is 2.61. The lowest BCUT2D eigenvalue weighted by molar-refractivity contribution is 0.0953. The van der Waals surface area contributed by atoms with Crippen molar-refractivity contribution in [3.8, 4) is 28.7 Å². The van der Waals surface area contributed by atoms with Gasteiger partial charge in [0.1, 0.15) is 11.5 Å². The van der Waals surface area contributed by atoms with E-state index < -0.39 is 5.91 Å². The standard InChI is InChI=1S/C21H26N2O6/c1-5-27-18-10-14(11-19(28-6-2)20(18)29-7-3)21(26)23-22-13(4)16-9-8-15(24)12-17(16)25/h8-12,24-25H,5-7H2,1-4H3,(H,23,26)/b22-13+. The summed E-state index contributed by atoms with van der Waals surface area (Å²) in [5.74, 6) is 0.571. The normalized spacial score (nSPS) is 11.1. The van der Waals surface area contributed by atoms with Crippen molar-refractivity contribution in [1.29, 1.82) is 0 Å². The molecule has 0 atom stereocenters. The highest BCUT2D eigenvalue weighted by molar-refractivity contribution is 6.03. The summed E-state index contributed by atoms with van der Waals surface area (Å²) in [4.78, 5) is 12.6. The number of phenolic OH excluding ortho intramolecular Hbond substituents is 2. The van der Waals surface area contributed by atoms with Crippen molar-refractivity contribution in [2.75, 3.05) is 19.8 Å². The quantitative estimate of drug-likeness (QED) is 0.438. The van der Waals surface area contributed by atoms with Crippen molar-refractivity contribution in [1.82, 2.24) is 5.43 Å². The van der Waals surface area contributed by atoms with Crippen molar-refractivity contribution in [3.05, 3.63) is 41.5 Å². The van der Waals surface area contributed by atoms with Crippen LogP contribution >= 0.6 is 0 Å². The maximum atomic E-state index is 12.6. The van der Waals surface area contributed by atoms with Crippen LogP contribution in [0.3, 0.4) is 0 Å². The van der Waals surface area contributed by atoms with Crippen molar-refractivity contribution in [2.24, 2.45) is 5.10 Å². The van der Waals surface area contributed by atoms with Gasteiger partial charge < -0.3 is 24.4 Å². The number of hydrogen-bond donors (Lipinski definition) is 3. The number of hydrogen-bond acceptors (Lipinski definition) is 7. The Kier molecular flexibility index (Phi) is 7.70. The lowest BCUT2D eigenvalue weighted by Gasteiger charge is -2.16. The van der Waals surface area contributed by atoms with Crippen LogP contribution in [-0.4, -0.2) is 41.7 Å². The summed E-state index contributed by atoms with van der Waals surface area (Å²) in [7, 11) is 0. The molecule has 0 aliphatic carbocycles. The van der Waals surface area contributed by atoms with Gasteiger partial charge in [-0.15, -0.1) is 0 Å². The van der Waals surface area contributed by atoms with E-state index in [-0.39, 0.29) is 17.1 Å². The molecular weight excluding hydrogens is 376 g/mol. The zero-order valence-electron chi connectivity index (χ0n) is 17.0. The monoisotopic (exact) mass is 402 g/mol. The Balaban J connectivity index is 2.31. The molecule has 2 aromatic carbocycles. The molecule has 0 aliphatic heterocycles. The number of carbonyl (C=O) groups is 1. The molecule has 8 nitrogen and oxygen atoms in total. The van der Waals surface area contributed by atoms with Crippen LogP contribution in [-0.2, 0) is 0 Å². The molecule has 0 unspecified atom stereocenters. The molecule has 0 spiro atoms. The van der Waals surface area contributed by atoms with Crippen molar-refractivity contribution >= 4 is 11.6 Å². The average Bonchev–Trinajstić information content (AvgIpc) is 2.68. The molecule has 0 saturated carbocycles. The third-order valence-electron chi connectivity index (χ3n) is 3.87. The van der Waals surface area contributed by atoms with E-state index in [0.717, 1.165) is 0 Å². The van der Waals surface area contributed by atoms with E-state index in [9.17, 15) is 15.0 Å². The molecule has 8 heteroatoms. The lowest BCUT2D eigenvalue weighted by atomic mass is 10.1. The van der Waals surface area contributed by atoms with E-state index in [1.807, 2.05) is 20.8 Å². The smallest absolute Gasteiger partial charge is 0.271 e. The molecule has 2 rings (SSSR count). The minimum absolute atomic E-state index is 0.0654. The van der Waals surface area contributed by atoms with Gasteiger partial charge in [0, 0.05) is 17.2 Å². The number of benzene rings is 2. The largest absolute Gasteiger partial charge is 0.508 e. The zero-order chi connectivity index (χ0) is 21.4. The van der Waals surface area contributed by atoms with Gasteiger partial charge in [0.2, 0.25) is 5.75 Å². The van der Waals surface area contributed by atoms with Crippen LogP contribution in [0.4, 0.5) is 0 Å². The molecular formula is C21H26N2O6. The highest BCUT2D eigenvalue weighted by atomic mass is 16.5.